The first-order valence-corrected chi connectivity index (χ1v) is 4.19. The van der Waals surface area contributed by atoms with Crippen molar-refractivity contribution in [3.05, 3.63) is 23.8 Å². The number of nitrogens with two attached hydrogens (primary N) is 1. The zero-order chi connectivity index (χ0) is 9.84. The average Bonchev–Trinajstić information content (AvgIpc) is 2.08. The molecule has 13 heavy (non-hydrogen) atoms. The number of Topliss-reactive ketones (excluding diaryl/α,β-unsaturated/α-hetero) is 1. The van der Waals surface area contributed by atoms with Crippen molar-refractivity contribution in [2.45, 2.75) is 13.8 Å². The molecule has 0 aliphatic carbocycles. The Bertz CT molecular complexity index is 321. The number of benzene rings is 1. The summed E-state index contributed by atoms with van der Waals surface area (Å²) in [6, 6.07) is 5.21. The van der Waals surface area contributed by atoms with E-state index < -0.39 is 0 Å². The van der Waals surface area contributed by atoms with E-state index in [0.717, 1.165) is 0 Å². The third-order valence-electron chi connectivity index (χ3n) is 1.75. The Morgan fingerprint density at radius 3 is 2.77 bits per heavy atom. The number of hydrogen-bond donors (Lipinski definition) is 1. The van der Waals surface area contributed by atoms with Crippen LogP contribution in [0.4, 0.5) is 5.69 Å². The molecule has 0 aliphatic heterocycles. The number of anilines is 1. The molecule has 3 heteroatoms. The number of nitrogen functional groups attached to an aromatic ring is 1. The van der Waals surface area contributed by atoms with Crippen LogP contribution in [-0.4, -0.2) is 12.4 Å². The normalized spacial score (nSPS) is 9.69. The summed E-state index contributed by atoms with van der Waals surface area (Å²) in [5.41, 5.74) is 6.67. The highest BCUT2D eigenvalue weighted by molar-refractivity contribution is 6.00. The van der Waals surface area contributed by atoms with E-state index in [9.17, 15) is 4.79 Å². The third kappa shape index (κ3) is 1.99. The van der Waals surface area contributed by atoms with Crippen molar-refractivity contribution in [1.29, 1.82) is 0 Å². The molecule has 0 aromatic heterocycles. The summed E-state index contributed by atoms with van der Waals surface area (Å²) in [6.07, 6.45) is 0. The number of hydrogen-bond acceptors (Lipinski definition) is 3. The summed E-state index contributed by atoms with van der Waals surface area (Å²) in [6.45, 7) is 3.91. The molecular formula is C10H13NO2. The van der Waals surface area contributed by atoms with Crippen LogP contribution in [0.25, 0.3) is 0 Å². The summed E-state index contributed by atoms with van der Waals surface area (Å²) in [5, 5.41) is 0. The van der Waals surface area contributed by atoms with Crippen LogP contribution < -0.4 is 10.5 Å². The zero-order valence-electron chi connectivity index (χ0n) is 7.83. The molecule has 0 amide bonds. The largest absolute Gasteiger partial charge is 0.492 e. The zero-order valence-corrected chi connectivity index (χ0v) is 7.83. The second kappa shape index (κ2) is 3.94. The lowest BCUT2D eigenvalue weighted by Crippen LogP contribution is -2.03. The number of ketones is 1. The number of ether oxygens (including phenoxy) is 1. The van der Waals surface area contributed by atoms with Gasteiger partial charge in [0.15, 0.2) is 5.78 Å². The first kappa shape index (κ1) is 9.58. The van der Waals surface area contributed by atoms with Crippen LogP contribution in [0.15, 0.2) is 18.2 Å². The van der Waals surface area contributed by atoms with E-state index in [2.05, 4.69) is 0 Å². The van der Waals surface area contributed by atoms with Crippen molar-refractivity contribution in [2.75, 3.05) is 12.3 Å². The van der Waals surface area contributed by atoms with E-state index in [4.69, 9.17) is 10.5 Å². The SMILES string of the molecule is CCOc1cccc(C(C)=O)c1N. The Morgan fingerprint density at radius 2 is 2.23 bits per heavy atom. The molecule has 1 aromatic rings. The molecular weight excluding hydrogens is 166 g/mol. The molecule has 3 nitrogen and oxygen atoms in total. The van der Waals surface area contributed by atoms with E-state index in [0.29, 0.717) is 23.6 Å². The minimum atomic E-state index is -0.0425. The monoisotopic (exact) mass is 179 g/mol. The van der Waals surface area contributed by atoms with Gasteiger partial charge >= 0.3 is 0 Å². The maximum atomic E-state index is 11.1. The van der Waals surface area contributed by atoms with Gasteiger partial charge in [0.1, 0.15) is 5.75 Å². The fraction of sp³-hybridized carbons (Fsp3) is 0.300. The molecule has 0 aliphatic rings. The summed E-state index contributed by atoms with van der Waals surface area (Å²) in [7, 11) is 0. The third-order valence-corrected chi connectivity index (χ3v) is 1.75. The van der Waals surface area contributed by atoms with Gasteiger partial charge in [-0.1, -0.05) is 6.07 Å². The van der Waals surface area contributed by atoms with Crippen LogP contribution in [0.3, 0.4) is 0 Å². The highest BCUT2D eigenvalue weighted by Crippen LogP contribution is 2.25. The van der Waals surface area contributed by atoms with Crippen LogP contribution >= 0.6 is 0 Å². The minimum Gasteiger partial charge on any atom is -0.492 e. The fourth-order valence-corrected chi connectivity index (χ4v) is 1.13. The van der Waals surface area contributed by atoms with Gasteiger partial charge in [-0.05, 0) is 26.0 Å². The molecule has 0 bridgehead atoms. The van der Waals surface area contributed by atoms with E-state index in [1.54, 1.807) is 18.2 Å². The Labute approximate surface area is 77.5 Å². The van der Waals surface area contributed by atoms with Crippen molar-refractivity contribution in [2.24, 2.45) is 0 Å². The fourth-order valence-electron chi connectivity index (χ4n) is 1.13. The first-order chi connectivity index (χ1) is 6.16. The maximum Gasteiger partial charge on any atom is 0.162 e. The number of rotatable bonds is 3. The predicted octanol–water partition coefficient (Wildman–Crippen LogP) is 1.87. The van der Waals surface area contributed by atoms with Crippen molar-refractivity contribution in [3.63, 3.8) is 0 Å². The van der Waals surface area contributed by atoms with E-state index in [1.165, 1.54) is 6.92 Å². The summed E-state index contributed by atoms with van der Waals surface area (Å²) in [5.74, 6) is 0.536. The van der Waals surface area contributed by atoms with Crippen LogP contribution in [0.1, 0.15) is 24.2 Å². The Balaban J connectivity index is 3.10. The topological polar surface area (TPSA) is 52.3 Å². The summed E-state index contributed by atoms with van der Waals surface area (Å²) in [4.78, 5) is 11.1. The number of carbonyl (C=O) groups excluding carboxylic acids is 1. The summed E-state index contributed by atoms with van der Waals surface area (Å²) < 4.78 is 5.25. The van der Waals surface area contributed by atoms with Crippen molar-refractivity contribution >= 4 is 11.5 Å². The van der Waals surface area contributed by atoms with Gasteiger partial charge < -0.3 is 10.5 Å². The van der Waals surface area contributed by atoms with Crippen molar-refractivity contribution < 1.29 is 9.53 Å². The van der Waals surface area contributed by atoms with E-state index >= 15 is 0 Å². The molecule has 2 N–H and O–H groups in total. The van der Waals surface area contributed by atoms with Gasteiger partial charge in [-0.2, -0.15) is 0 Å². The quantitative estimate of drug-likeness (QED) is 0.569. The second-order valence-corrected chi connectivity index (χ2v) is 2.71. The number of para-hydroxylation sites is 1. The van der Waals surface area contributed by atoms with Gasteiger partial charge in [-0.15, -0.1) is 0 Å². The lowest BCUT2D eigenvalue weighted by Gasteiger charge is -2.08. The van der Waals surface area contributed by atoms with Crippen molar-refractivity contribution in [1.82, 2.24) is 0 Å². The maximum absolute atomic E-state index is 11.1. The standard InChI is InChI=1S/C10H13NO2/c1-3-13-9-6-4-5-8(7(2)12)10(9)11/h4-6H,3,11H2,1-2H3. The molecule has 70 valence electrons. The van der Waals surface area contributed by atoms with Gasteiger partial charge in [-0.3, -0.25) is 4.79 Å². The molecule has 1 rings (SSSR count). The van der Waals surface area contributed by atoms with Crippen LogP contribution in [0.2, 0.25) is 0 Å². The molecule has 0 unspecified atom stereocenters. The molecule has 1 aromatic carbocycles. The Kier molecular flexibility index (Phi) is 2.90. The lowest BCUT2D eigenvalue weighted by molar-refractivity contribution is 0.101. The Morgan fingerprint density at radius 1 is 1.54 bits per heavy atom. The van der Waals surface area contributed by atoms with Gasteiger partial charge in [0, 0.05) is 5.56 Å². The molecule has 0 saturated carbocycles. The van der Waals surface area contributed by atoms with E-state index in [1.807, 2.05) is 6.92 Å². The highest BCUT2D eigenvalue weighted by atomic mass is 16.5. The molecule has 0 saturated heterocycles. The van der Waals surface area contributed by atoms with Gasteiger partial charge in [0.25, 0.3) is 0 Å². The lowest BCUT2D eigenvalue weighted by atomic mass is 10.1. The van der Waals surface area contributed by atoms with Crippen LogP contribution in [-0.2, 0) is 0 Å². The van der Waals surface area contributed by atoms with Crippen LogP contribution in [0.5, 0.6) is 5.75 Å². The first-order valence-electron chi connectivity index (χ1n) is 4.19. The molecule has 0 fully saturated rings. The van der Waals surface area contributed by atoms with Gasteiger partial charge in [0.05, 0.1) is 12.3 Å². The average molecular weight is 179 g/mol. The smallest absolute Gasteiger partial charge is 0.162 e. The van der Waals surface area contributed by atoms with E-state index in [-0.39, 0.29) is 5.78 Å². The second-order valence-electron chi connectivity index (χ2n) is 2.71. The molecule has 0 spiro atoms. The van der Waals surface area contributed by atoms with Crippen LogP contribution in [0, 0.1) is 0 Å². The molecule has 0 radical (unpaired) electrons. The highest BCUT2D eigenvalue weighted by Gasteiger charge is 2.08. The number of carbonyl (C=O) groups is 1. The minimum absolute atomic E-state index is 0.0425. The predicted molar refractivity (Wildman–Crippen MR) is 52.0 cm³/mol. The molecule has 0 atom stereocenters. The van der Waals surface area contributed by atoms with Gasteiger partial charge in [0.2, 0.25) is 0 Å². The van der Waals surface area contributed by atoms with Crippen molar-refractivity contribution in [3.8, 4) is 5.75 Å². The summed E-state index contributed by atoms with van der Waals surface area (Å²) >= 11 is 0. The Hall–Kier alpha value is -1.51. The molecule has 0 heterocycles. The van der Waals surface area contributed by atoms with Gasteiger partial charge in [-0.25, -0.2) is 0 Å².